The number of thiophene rings is 1. The van der Waals surface area contributed by atoms with Crippen LogP contribution in [-0.4, -0.2) is 67.0 Å². The van der Waals surface area contributed by atoms with Crippen molar-refractivity contribution >= 4 is 35.2 Å². The number of carbonyl (C=O) groups excluding carboxylic acids is 3. The molecule has 0 bridgehead atoms. The van der Waals surface area contributed by atoms with Crippen LogP contribution >= 0.6 is 11.3 Å². The van der Waals surface area contributed by atoms with Gasteiger partial charge in [0.2, 0.25) is 0 Å². The summed E-state index contributed by atoms with van der Waals surface area (Å²) in [5, 5.41) is 1.84. The quantitative estimate of drug-likeness (QED) is 0.479. The lowest BCUT2D eigenvalue weighted by Gasteiger charge is -2.34. The Kier molecular flexibility index (Phi) is 7.71. The van der Waals surface area contributed by atoms with Crippen molar-refractivity contribution in [2.24, 2.45) is 0 Å². The zero-order valence-electron chi connectivity index (χ0n) is 16.4. The van der Waals surface area contributed by atoms with Gasteiger partial charge in [-0.15, -0.1) is 11.3 Å². The fraction of sp³-hybridized carbons (Fsp3) is 0.286. The van der Waals surface area contributed by atoms with Crippen LogP contribution in [0.2, 0.25) is 0 Å². The highest BCUT2D eigenvalue weighted by Crippen LogP contribution is 2.16. The molecule has 0 N–H and O–H groups in total. The Balaban J connectivity index is 1.40. The average Bonchev–Trinajstić information content (AvgIpc) is 3.31. The van der Waals surface area contributed by atoms with Gasteiger partial charge in [-0.05, 0) is 35.2 Å². The lowest BCUT2D eigenvalue weighted by atomic mass is 10.2. The standard InChI is InChI=1S/C21H20F2N2O5S/c22-21(23)30-16-6-3-15(4-7-16)5-8-19(27)29-14-18(26)24-9-11-25(12-10-24)20(28)17-2-1-13-31-17/h1-8,13,21H,9-12,14H2/b8-5+. The maximum absolute atomic E-state index is 12.3. The number of halogens is 2. The topological polar surface area (TPSA) is 76.2 Å². The number of amides is 2. The third-order valence-electron chi connectivity index (χ3n) is 4.51. The Morgan fingerprint density at radius 1 is 1.03 bits per heavy atom. The number of hydrogen-bond acceptors (Lipinski definition) is 6. The predicted octanol–water partition coefficient (Wildman–Crippen LogP) is 2.89. The van der Waals surface area contributed by atoms with Crippen molar-refractivity contribution in [3.05, 3.63) is 58.3 Å². The van der Waals surface area contributed by atoms with Crippen molar-refractivity contribution in [2.45, 2.75) is 6.61 Å². The molecule has 0 radical (unpaired) electrons. The van der Waals surface area contributed by atoms with Crippen LogP contribution in [0.15, 0.2) is 47.9 Å². The van der Waals surface area contributed by atoms with Gasteiger partial charge in [0, 0.05) is 32.3 Å². The number of ether oxygens (including phenoxy) is 2. The van der Waals surface area contributed by atoms with Crippen LogP contribution in [0, 0.1) is 0 Å². The molecule has 0 saturated carbocycles. The summed E-state index contributed by atoms with van der Waals surface area (Å²) in [6, 6.07) is 9.29. The molecular weight excluding hydrogens is 430 g/mol. The van der Waals surface area contributed by atoms with Gasteiger partial charge in [0.25, 0.3) is 11.8 Å². The normalized spacial score (nSPS) is 14.2. The molecule has 2 amide bonds. The lowest BCUT2D eigenvalue weighted by Crippen LogP contribution is -2.51. The summed E-state index contributed by atoms with van der Waals surface area (Å²) >= 11 is 1.38. The third kappa shape index (κ3) is 6.61. The Hall–Kier alpha value is -3.27. The minimum Gasteiger partial charge on any atom is -0.452 e. The summed E-state index contributed by atoms with van der Waals surface area (Å²) < 4.78 is 33.5. The highest BCUT2D eigenvalue weighted by atomic mass is 32.1. The Bertz CT molecular complexity index is 924. The van der Waals surface area contributed by atoms with E-state index in [1.54, 1.807) is 15.9 Å². The van der Waals surface area contributed by atoms with E-state index >= 15 is 0 Å². The number of carbonyl (C=O) groups is 3. The number of esters is 1. The third-order valence-corrected chi connectivity index (χ3v) is 5.36. The second kappa shape index (κ2) is 10.7. The Morgan fingerprint density at radius 2 is 1.71 bits per heavy atom. The van der Waals surface area contributed by atoms with Gasteiger partial charge < -0.3 is 19.3 Å². The fourth-order valence-corrected chi connectivity index (χ4v) is 3.60. The van der Waals surface area contributed by atoms with Crippen LogP contribution in [-0.2, 0) is 14.3 Å². The summed E-state index contributed by atoms with van der Waals surface area (Å²) in [6.07, 6.45) is 2.59. The smallest absolute Gasteiger partial charge is 0.387 e. The molecule has 0 aliphatic carbocycles. The molecule has 10 heteroatoms. The first-order valence-electron chi connectivity index (χ1n) is 9.42. The molecule has 3 rings (SSSR count). The van der Waals surface area contributed by atoms with E-state index in [1.807, 2.05) is 11.4 Å². The van der Waals surface area contributed by atoms with Gasteiger partial charge in [0.1, 0.15) is 5.75 Å². The van der Waals surface area contributed by atoms with Gasteiger partial charge in [-0.1, -0.05) is 18.2 Å². The van der Waals surface area contributed by atoms with E-state index in [4.69, 9.17) is 4.74 Å². The molecule has 1 aromatic heterocycles. The van der Waals surface area contributed by atoms with Crippen LogP contribution in [0.4, 0.5) is 8.78 Å². The molecule has 1 fully saturated rings. The van der Waals surface area contributed by atoms with Crippen molar-refractivity contribution in [3.8, 4) is 5.75 Å². The highest BCUT2D eigenvalue weighted by molar-refractivity contribution is 7.12. The number of alkyl halides is 2. The van der Waals surface area contributed by atoms with E-state index in [0.29, 0.717) is 36.6 Å². The summed E-state index contributed by atoms with van der Waals surface area (Å²) in [6.45, 7) is -1.72. The van der Waals surface area contributed by atoms with E-state index in [-0.39, 0.29) is 17.6 Å². The maximum Gasteiger partial charge on any atom is 0.387 e. The zero-order chi connectivity index (χ0) is 22.2. The number of benzene rings is 1. The Labute approximate surface area is 181 Å². The molecule has 164 valence electrons. The highest BCUT2D eigenvalue weighted by Gasteiger charge is 2.25. The first-order chi connectivity index (χ1) is 14.9. The van der Waals surface area contributed by atoms with Crippen molar-refractivity contribution in [1.82, 2.24) is 9.80 Å². The van der Waals surface area contributed by atoms with Gasteiger partial charge in [0.05, 0.1) is 4.88 Å². The average molecular weight is 450 g/mol. The number of piperazine rings is 1. The van der Waals surface area contributed by atoms with E-state index < -0.39 is 19.2 Å². The molecule has 2 heterocycles. The van der Waals surface area contributed by atoms with Gasteiger partial charge in [-0.3, -0.25) is 9.59 Å². The molecule has 7 nitrogen and oxygen atoms in total. The van der Waals surface area contributed by atoms with Crippen LogP contribution in [0.25, 0.3) is 6.08 Å². The van der Waals surface area contributed by atoms with E-state index in [9.17, 15) is 23.2 Å². The molecule has 31 heavy (non-hydrogen) atoms. The second-order valence-corrected chi connectivity index (χ2v) is 7.49. The van der Waals surface area contributed by atoms with Crippen LogP contribution in [0.3, 0.4) is 0 Å². The largest absolute Gasteiger partial charge is 0.452 e. The van der Waals surface area contributed by atoms with Crippen molar-refractivity contribution in [1.29, 1.82) is 0 Å². The minimum absolute atomic E-state index is 0.0116. The molecule has 0 unspecified atom stereocenters. The molecule has 0 atom stereocenters. The van der Waals surface area contributed by atoms with Gasteiger partial charge >= 0.3 is 12.6 Å². The van der Waals surface area contributed by atoms with E-state index in [1.165, 1.54) is 41.7 Å². The van der Waals surface area contributed by atoms with Gasteiger partial charge in [0.15, 0.2) is 6.61 Å². The zero-order valence-corrected chi connectivity index (χ0v) is 17.2. The molecule has 1 aliphatic rings. The molecule has 1 aromatic carbocycles. The molecule has 0 spiro atoms. The second-order valence-electron chi connectivity index (χ2n) is 6.54. The van der Waals surface area contributed by atoms with Crippen LogP contribution in [0.1, 0.15) is 15.2 Å². The van der Waals surface area contributed by atoms with Crippen LogP contribution in [0.5, 0.6) is 5.75 Å². The number of rotatable bonds is 7. The predicted molar refractivity (Wildman–Crippen MR) is 110 cm³/mol. The van der Waals surface area contributed by atoms with Crippen molar-refractivity contribution in [3.63, 3.8) is 0 Å². The van der Waals surface area contributed by atoms with Crippen molar-refractivity contribution < 1.29 is 32.6 Å². The monoisotopic (exact) mass is 450 g/mol. The summed E-state index contributed by atoms with van der Waals surface area (Å²) in [7, 11) is 0. The first-order valence-corrected chi connectivity index (χ1v) is 10.3. The lowest BCUT2D eigenvalue weighted by molar-refractivity contribution is -0.148. The number of hydrogen-bond donors (Lipinski definition) is 0. The summed E-state index contributed by atoms with van der Waals surface area (Å²) in [5.41, 5.74) is 0.580. The number of nitrogens with zero attached hydrogens (tertiary/aromatic N) is 2. The molecule has 2 aromatic rings. The van der Waals surface area contributed by atoms with E-state index in [2.05, 4.69) is 4.74 Å². The Morgan fingerprint density at radius 3 is 2.32 bits per heavy atom. The summed E-state index contributed by atoms with van der Waals surface area (Å²) in [4.78, 5) is 40.3. The fourth-order valence-electron chi connectivity index (χ4n) is 2.91. The first kappa shape index (κ1) is 22.4. The molecular formula is C21H20F2N2O5S. The molecule has 1 aliphatic heterocycles. The van der Waals surface area contributed by atoms with Crippen molar-refractivity contribution in [2.75, 3.05) is 32.8 Å². The summed E-state index contributed by atoms with van der Waals surface area (Å²) in [5.74, 6) is -1.07. The van der Waals surface area contributed by atoms with E-state index in [0.717, 1.165) is 6.08 Å². The maximum atomic E-state index is 12.3. The van der Waals surface area contributed by atoms with Gasteiger partial charge in [-0.25, -0.2) is 4.79 Å². The van der Waals surface area contributed by atoms with Crippen LogP contribution < -0.4 is 4.74 Å². The SMILES string of the molecule is O=C(/C=C/c1ccc(OC(F)F)cc1)OCC(=O)N1CCN(C(=O)c2cccs2)CC1. The minimum atomic E-state index is -2.90. The van der Waals surface area contributed by atoms with Gasteiger partial charge in [-0.2, -0.15) is 8.78 Å². The molecule has 1 saturated heterocycles.